The van der Waals surface area contributed by atoms with Crippen molar-refractivity contribution in [3.05, 3.63) is 42.4 Å². The van der Waals surface area contributed by atoms with Crippen molar-refractivity contribution in [2.24, 2.45) is 0 Å². The molecule has 1 aliphatic heterocycles. The second-order valence-electron chi connectivity index (χ2n) is 5.93. The summed E-state index contributed by atoms with van der Waals surface area (Å²) in [6, 6.07) is 10.3. The quantitative estimate of drug-likeness (QED) is 0.789. The number of nitrogens with zero attached hydrogens (tertiary/aromatic N) is 5. The lowest BCUT2D eigenvalue weighted by Crippen LogP contribution is -2.47. The van der Waals surface area contributed by atoms with E-state index in [9.17, 15) is 5.11 Å². The molecular formula is C17H19N5OS. The van der Waals surface area contributed by atoms with E-state index in [4.69, 9.17) is 0 Å². The van der Waals surface area contributed by atoms with Crippen LogP contribution in [0.4, 0.5) is 11.6 Å². The Bertz CT molecular complexity index is 842. The summed E-state index contributed by atoms with van der Waals surface area (Å²) in [7, 11) is 0. The first-order chi connectivity index (χ1) is 11.7. The maximum absolute atomic E-state index is 9.66. The van der Waals surface area contributed by atoms with Crippen molar-refractivity contribution in [3.8, 4) is 0 Å². The molecule has 1 atom stereocenters. The molecule has 1 aliphatic rings. The summed E-state index contributed by atoms with van der Waals surface area (Å²) in [6.45, 7) is 5.25. The molecule has 0 saturated carbocycles. The van der Waals surface area contributed by atoms with Gasteiger partial charge in [-0.25, -0.2) is 9.97 Å². The summed E-state index contributed by atoms with van der Waals surface area (Å²) in [5.41, 5.74) is 0. The van der Waals surface area contributed by atoms with Crippen molar-refractivity contribution < 1.29 is 5.11 Å². The Labute approximate surface area is 144 Å². The van der Waals surface area contributed by atoms with Crippen LogP contribution in [0.5, 0.6) is 0 Å². The lowest BCUT2D eigenvalue weighted by Gasteiger charge is -2.35. The Morgan fingerprint density at radius 2 is 1.83 bits per heavy atom. The molecule has 1 N–H and O–H groups in total. The second-order valence-corrected chi connectivity index (χ2v) is 6.73. The van der Waals surface area contributed by atoms with Crippen molar-refractivity contribution in [2.75, 3.05) is 36.0 Å². The van der Waals surface area contributed by atoms with Crippen molar-refractivity contribution in [1.29, 1.82) is 0 Å². The van der Waals surface area contributed by atoms with Gasteiger partial charge in [-0.1, -0.05) is 12.1 Å². The number of hydrogen-bond donors (Lipinski definition) is 1. The van der Waals surface area contributed by atoms with Crippen LogP contribution in [-0.2, 0) is 0 Å². The normalized spacial score (nSPS) is 16.6. The van der Waals surface area contributed by atoms with E-state index < -0.39 is 6.10 Å². The minimum atomic E-state index is -0.646. The molecule has 0 spiro atoms. The Hall–Kier alpha value is -2.25. The number of hydrogen-bond acceptors (Lipinski definition) is 7. The monoisotopic (exact) mass is 341 g/mol. The topological polar surface area (TPSA) is 65.4 Å². The van der Waals surface area contributed by atoms with Gasteiger partial charge in [0, 0.05) is 37.8 Å². The highest BCUT2D eigenvalue weighted by Gasteiger charge is 2.22. The third-order valence-electron chi connectivity index (χ3n) is 4.29. The fraction of sp³-hybridized carbons (Fsp3) is 0.353. The fourth-order valence-corrected chi connectivity index (χ4v) is 3.78. The van der Waals surface area contributed by atoms with Crippen LogP contribution < -0.4 is 9.80 Å². The summed E-state index contributed by atoms with van der Waals surface area (Å²) >= 11 is 1.56. The van der Waals surface area contributed by atoms with Crippen LogP contribution in [0, 0.1) is 0 Å². The van der Waals surface area contributed by atoms with Gasteiger partial charge in [0.15, 0.2) is 5.82 Å². The zero-order chi connectivity index (χ0) is 16.5. The van der Waals surface area contributed by atoms with Gasteiger partial charge < -0.3 is 14.9 Å². The Morgan fingerprint density at radius 3 is 2.62 bits per heavy atom. The van der Waals surface area contributed by atoms with Crippen LogP contribution in [0.1, 0.15) is 18.9 Å². The molecule has 3 aromatic rings. The smallest absolute Gasteiger partial charge is 0.158 e. The van der Waals surface area contributed by atoms with Crippen LogP contribution >= 0.6 is 11.5 Å². The third-order valence-corrected chi connectivity index (χ3v) is 5.11. The van der Waals surface area contributed by atoms with Crippen molar-refractivity contribution >= 4 is 33.3 Å². The zero-order valence-electron chi connectivity index (χ0n) is 13.5. The number of anilines is 2. The Kier molecular flexibility index (Phi) is 4.03. The van der Waals surface area contributed by atoms with E-state index in [-0.39, 0.29) is 0 Å². The molecule has 0 amide bonds. The minimum Gasteiger partial charge on any atom is -0.385 e. The van der Waals surface area contributed by atoms with Crippen molar-refractivity contribution in [3.63, 3.8) is 0 Å². The molecule has 24 heavy (non-hydrogen) atoms. The highest BCUT2D eigenvalue weighted by molar-refractivity contribution is 7.13. The molecule has 0 aliphatic carbocycles. The Morgan fingerprint density at radius 1 is 1.08 bits per heavy atom. The molecule has 1 saturated heterocycles. The first-order valence-corrected chi connectivity index (χ1v) is 8.85. The molecule has 0 radical (unpaired) electrons. The maximum atomic E-state index is 9.66. The van der Waals surface area contributed by atoms with Crippen LogP contribution in [0.3, 0.4) is 0 Å². The second kappa shape index (κ2) is 6.33. The number of aliphatic hydroxyl groups excluding tert-OH is 1. The van der Waals surface area contributed by atoms with E-state index in [0.29, 0.717) is 5.82 Å². The SMILES string of the molecule is C[C@@H](O)c1nccc(N2CCN(c3nsc4ccccc34)CC2)n1. The van der Waals surface area contributed by atoms with Crippen molar-refractivity contribution in [2.45, 2.75) is 13.0 Å². The lowest BCUT2D eigenvalue weighted by atomic mass is 10.2. The van der Waals surface area contributed by atoms with Gasteiger partial charge in [0.25, 0.3) is 0 Å². The molecule has 3 heterocycles. The minimum absolute atomic E-state index is 0.473. The molecule has 0 bridgehead atoms. The summed E-state index contributed by atoms with van der Waals surface area (Å²) in [6.07, 6.45) is 1.07. The van der Waals surface area contributed by atoms with Crippen LogP contribution in [0.15, 0.2) is 36.5 Å². The number of aliphatic hydroxyl groups is 1. The van der Waals surface area contributed by atoms with Gasteiger partial charge >= 0.3 is 0 Å². The predicted molar refractivity (Wildman–Crippen MR) is 96.7 cm³/mol. The van der Waals surface area contributed by atoms with Gasteiger partial charge in [0.2, 0.25) is 0 Å². The molecule has 4 rings (SSSR count). The highest BCUT2D eigenvalue weighted by Crippen LogP contribution is 2.30. The van der Waals surface area contributed by atoms with E-state index in [0.717, 1.165) is 37.8 Å². The summed E-state index contributed by atoms with van der Waals surface area (Å²) < 4.78 is 5.87. The standard InChI is InChI=1S/C17H19N5OS/c1-12(23)16-18-7-6-15(19-16)21-8-10-22(11-9-21)17-13-4-2-3-5-14(13)24-20-17/h2-7,12,23H,8-11H2,1H3/t12-/m1/s1. The van der Waals surface area contributed by atoms with Crippen molar-refractivity contribution in [1.82, 2.24) is 14.3 Å². The van der Waals surface area contributed by atoms with Gasteiger partial charge in [0.1, 0.15) is 17.7 Å². The number of benzene rings is 1. The number of fused-ring (bicyclic) bond motifs is 1. The first kappa shape index (κ1) is 15.3. The highest BCUT2D eigenvalue weighted by atomic mass is 32.1. The van der Waals surface area contributed by atoms with Crippen LogP contribution in [0.2, 0.25) is 0 Å². The summed E-state index contributed by atoms with van der Waals surface area (Å²) in [5.74, 6) is 2.44. The number of piperazine rings is 1. The van der Waals surface area contributed by atoms with Gasteiger partial charge in [-0.2, -0.15) is 4.37 Å². The molecule has 7 heteroatoms. The Balaban J connectivity index is 1.50. The molecular weight excluding hydrogens is 322 g/mol. The van der Waals surface area contributed by atoms with E-state index in [1.54, 1.807) is 24.7 Å². The number of aromatic nitrogens is 3. The van der Waals surface area contributed by atoms with E-state index in [2.05, 4.69) is 48.4 Å². The maximum Gasteiger partial charge on any atom is 0.158 e. The molecule has 124 valence electrons. The van der Waals surface area contributed by atoms with E-state index in [1.165, 1.54) is 10.1 Å². The predicted octanol–water partition coefficient (Wildman–Crippen LogP) is 2.47. The first-order valence-electron chi connectivity index (χ1n) is 8.08. The molecule has 1 aromatic carbocycles. The van der Waals surface area contributed by atoms with E-state index in [1.807, 2.05) is 6.07 Å². The average Bonchev–Trinajstić information content (AvgIpc) is 3.06. The fourth-order valence-electron chi connectivity index (χ4n) is 2.99. The van der Waals surface area contributed by atoms with Gasteiger partial charge in [-0.15, -0.1) is 0 Å². The van der Waals surface area contributed by atoms with Gasteiger partial charge in [-0.3, -0.25) is 0 Å². The van der Waals surface area contributed by atoms with E-state index >= 15 is 0 Å². The molecule has 2 aromatic heterocycles. The van der Waals surface area contributed by atoms with Gasteiger partial charge in [-0.05, 0) is 36.7 Å². The third kappa shape index (κ3) is 2.81. The summed E-state index contributed by atoms with van der Waals surface area (Å²) in [5, 5.41) is 10.9. The molecule has 6 nitrogen and oxygen atoms in total. The van der Waals surface area contributed by atoms with Gasteiger partial charge in [0.05, 0.1) is 4.70 Å². The summed E-state index contributed by atoms with van der Waals surface area (Å²) in [4.78, 5) is 13.2. The van der Waals surface area contributed by atoms with Crippen LogP contribution in [-0.4, -0.2) is 45.6 Å². The average molecular weight is 341 g/mol. The lowest BCUT2D eigenvalue weighted by molar-refractivity contribution is 0.189. The number of rotatable bonds is 3. The van der Waals surface area contributed by atoms with Crippen LogP contribution in [0.25, 0.3) is 10.1 Å². The zero-order valence-corrected chi connectivity index (χ0v) is 14.3. The largest absolute Gasteiger partial charge is 0.385 e. The molecule has 0 unspecified atom stereocenters. The molecule has 1 fully saturated rings.